The predicted octanol–water partition coefficient (Wildman–Crippen LogP) is 5.25. The number of carbonyl (C=O) groups excluding carboxylic acids is 1. The second kappa shape index (κ2) is 10.2. The van der Waals surface area contributed by atoms with Crippen molar-refractivity contribution in [3.05, 3.63) is 53.2 Å². The van der Waals surface area contributed by atoms with E-state index in [1.54, 1.807) is 19.1 Å². The van der Waals surface area contributed by atoms with E-state index in [-0.39, 0.29) is 5.91 Å². The van der Waals surface area contributed by atoms with Crippen LogP contribution in [-0.2, 0) is 9.53 Å². The lowest BCUT2D eigenvalue weighted by Gasteiger charge is -2.23. The zero-order valence-corrected chi connectivity index (χ0v) is 18.9. The summed E-state index contributed by atoms with van der Waals surface area (Å²) in [5, 5.41) is 0.671. The fourth-order valence-corrected chi connectivity index (χ4v) is 5.04. The molecule has 2 fully saturated rings. The van der Waals surface area contributed by atoms with Gasteiger partial charge in [0.05, 0.1) is 30.9 Å². The molecule has 1 aromatic carbocycles. The van der Waals surface area contributed by atoms with Gasteiger partial charge in [-0.05, 0) is 66.6 Å². The topological polar surface area (TPSA) is 56.1 Å². The summed E-state index contributed by atoms with van der Waals surface area (Å²) in [6.07, 6.45) is 12.7. The summed E-state index contributed by atoms with van der Waals surface area (Å²) in [7, 11) is 3.27. The van der Waals surface area contributed by atoms with Gasteiger partial charge in [-0.3, -0.25) is 9.69 Å². The number of ether oxygens (including phenoxy) is 2. The van der Waals surface area contributed by atoms with Crippen LogP contribution in [0.25, 0.3) is 6.08 Å². The smallest absolute Gasteiger partial charge is 0.266 e. The number of carbonyl (C=O) groups is 1. The summed E-state index contributed by atoms with van der Waals surface area (Å²) in [4.78, 5) is 20.2. The number of amidine groups is 1. The molecule has 2 aliphatic rings. The highest BCUT2D eigenvalue weighted by atomic mass is 32.2. The SMILES string of the molecule is COCCN1C(=O)/C(=C\c2ccn(C3CCCCC3)c2)SC1=Nc1ccc(OC)cc1. The van der Waals surface area contributed by atoms with Crippen molar-refractivity contribution < 1.29 is 14.3 Å². The molecule has 7 heteroatoms. The van der Waals surface area contributed by atoms with E-state index >= 15 is 0 Å². The molecule has 0 N–H and O–H groups in total. The lowest BCUT2D eigenvalue weighted by atomic mass is 9.95. The van der Waals surface area contributed by atoms with Crippen molar-refractivity contribution in [1.82, 2.24) is 9.47 Å². The van der Waals surface area contributed by atoms with E-state index in [0.29, 0.717) is 29.3 Å². The largest absolute Gasteiger partial charge is 0.497 e. The number of aliphatic imine (C=N–C) groups is 1. The minimum atomic E-state index is -0.0280. The molecule has 4 rings (SSSR count). The van der Waals surface area contributed by atoms with Crippen molar-refractivity contribution in [1.29, 1.82) is 0 Å². The molecule has 0 spiro atoms. The number of aromatic nitrogens is 1. The molecule has 0 unspecified atom stereocenters. The van der Waals surface area contributed by atoms with Gasteiger partial charge in [-0.25, -0.2) is 4.99 Å². The highest BCUT2D eigenvalue weighted by Crippen LogP contribution is 2.35. The summed E-state index contributed by atoms with van der Waals surface area (Å²) in [5.41, 5.74) is 1.84. The van der Waals surface area contributed by atoms with Crippen LogP contribution in [0.1, 0.15) is 43.7 Å². The highest BCUT2D eigenvalue weighted by molar-refractivity contribution is 8.18. The second-order valence-electron chi connectivity index (χ2n) is 7.84. The summed E-state index contributed by atoms with van der Waals surface area (Å²) in [6.45, 7) is 0.928. The van der Waals surface area contributed by atoms with Gasteiger partial charge < -0.3 is 14.0 Å². The number of benzene rings is 1. The van der Waals surface area contributed by atoms with E-state index in [1.807, 2.05) is 30.3 Å². The standard InChI is InChI=1S/C24H29N3O3S/c1-29-15-14-27-23(28)22(31-24(27)25-19-8-10-21(30-2)11-9-19)16-18-12-13-26(17-18)20-6-4-3-5-7-20/h8-13,16-17,20H,3-7,14-15H2,1-2H3/b22-16+,25-24?. The number of nitrogens with zero attached hydrogens (tertiary/aromatic N) is 3. The molecule has 0 radical (unpaired) electrons. The van der Waals surface area contributed by atoms with Crippen LogP contribution in [0.5, 0.6) is 5.75 Å². The van der Waals surface area contributed by atoms with Crippen molar-refractivity contribution in [2.24, 2.45) is 4.99 Å². The Kier molecular flexibility index (Phi) is 7.14. The van der Waals surface area contributed by atoms with Crippen molar-refractivity contribution in [3.63, 3.8) is 0 Å². The Morgan fingerprint density at radius 1 is 1.13 bits per heavy atom. The first-order valence-corrected chi connectivity index (χ1v) is 11.6. The monoisotopic (exact) mass is 439 g/mol. The van der Waals surface area contributed by atoms with Gasteiger partial charge >= 0.3 is 0 Å². The van der Waals surface area contributed by atoms with E-state index in [9.17, 15) is 4.79 Å². The van der Waals surface area contributed by atoms with Crippen LogP contribution in [0.4, 0.5) is 5.69 Å². The van der Waals surface area contributed by atoms with E-state index in [1.165, 1.54) is 43.9 Å². The van der Waals surface area contributed by atoms with Gasteiger partial charge in [0.25, 0.3) is 5.91 Å². The van der Waals surface area contributed by atoms with Crippen LogP contribution < -0.4 is 4.74 Å². The lowest BCUT2D eigenvalue weighted by molar-refractivity contribution is -0.122. The first-order valence-electron chi connectivity index (χ1n) is 10.8. The molecule has 1 saturated carbocycles. The molecule has 1 aliphatic carbocycles. The maximum absolute atomic E-state index is 13.1. The zero-order valence-electron chi connectivity index (χ0n) is 18.1. The summed E-state index contributed by atoms with van der Waals surface area (Å²) in [6, 6.07) is 10.2. The number of hydrogen-bond acceptors (Lipinski definition) is 5. The molecule has 31 heavy (non-hydrogen) atoms. The molecule has 1 saturated heterocycles. The maximum atomic E-state index is 13.1. The fourth-order valence-electron chi connectivity index (χ4n) is 4.01. The quantitative estimate of drug-likeness (QED) is 0.553. The van der Waals surface area contributed by atoms with Gasteiger partial charge in [0, 0.05) is 25.5 Å². The third kappa shape index (κ3) is 5.22. The van der Waals surface area contributed by atoms with Crippen LogP contribution >= 0.6 is 11.8 Å². The molecule has 164 valence electrons. The normalized spacial score (nSPS) is 20.2. The van der Waals surface area contributed by atoms with Crippen LogP contribution in [-0.4, -0.2) is 47.9 Å². The summed E-state index contributed by atoms with van der Waals surface area (Å²) in [5.74, 6) is 0.748. The van der Waals surface area contributed by atoms with E-state index in [2.05, 4.69) is 23.0 Å². The molecule has 1 aliphatic heterocycles. The first-order chi connectivity index (χ1) is 15.2. The van der Waals surface area contributed by atoms with E-state index < -0.39 is 0 Å². The van der Waals surface area contributed by atoms with Gasteiger partial charge in [0.1, 0.15) is 5.75 Å². The average molecular weight is 440 g/mol. The Balaban J connectivity index is 1.56. The van der Waals surface area contributed by atoms with E-state index in [4.69, 9.17) is 14.5 Å². The number of methoxy groups -OCH3 is 2. The van der Waals surface area contributed by atoms with E-state index in [0.717, 1.165) is 17.0 Å². The molecule has 6 nitrogen and oxygen atoms in total. The Morgan fingerprint density at radius 2 is 1.90 bits per heavy atom. The van der Waals surface area contributed by atoms with Crippen LogP contribution in [0, 0.1) is 0 Å². The summed E-state index contributed by atoms with van der Waals surface area (Å²) < 4.78 is 12.7. The number of amides is 1. The summed E-state index contributed by atoms with van der Waals surface area (Å²) >= 11 is 1.41. The molecular formula is C24H29N3O3S. The average Bonchev–Trinajstić information content (AvgIpc) is 3.39. The third-order valence-electron chi connectivity index (χ3n) is 5.74. The minimum Gasteiger partial charge on any atom is -0.497 e. The maximum Gasteiger partial charge on any atom is 0.266 e. The van der Waals surface area contributed by atoms with Gasteiger partial charge in [-0.1, -0.05) is 19.3 Å². The Hall–Kier alpha value is -2.51. The number of hydrogen-bond donors (Lipinski definition) is 0. The van der Waals surface area contributed by atoms with Crippen LogP contribution in [0.2, 0.25) is 0 Å². The second-order valence-corrected chi connectivity index (χ2v) is 8.85. The van der Waals surface area contributed by atoms with Crippen molar-refractivity contribution >= 4 is 34.6 Å². The van der Waals surface area contributed by atoms with Crippen molar-refractivity contribution in [3.8, 4) is 5.75 Å². The first kappa shape index (κ1) is 21.7. The van der Waals surface area contributed by atoms with Gasteiger partial charge in [0.15, 0.2) is 5.17 Å². The van der Waals surface area contributed by atoms with Gasteiger partial charge in [0.2, 0.25) is 0 Å². The molecule has 0 bridgehead atoms. The van der Waals surface area contributed by atoms with Crippen molar-refractivity contribution in [2.75, 3.05) is 27.4 Å². The lowest BCUT2D eigenvalue weighted by Crippen LogP contribution is -2.32. The minimum absolute atomic E-state index is 0.0280. The van der Waals surface area contributed by atoms with Gasteiger partial charge in [-0.2, -0.15) is 0 Å². The molecule has 0 atom stereocenters. The van der Waals surface area contributed by atoms with Gasteiger partial charge in [-0.15, -0.1) is 0 Å². The van der Waals surface area contributed by atoms with Crippen molar-refractivity contribution in [2.45, 2.75) is 38.1 Å². The molecule has 1 amide bonds. The zero-order chi connectivity index (χ0) is 21.6. The Labute approximate surface area is 187 Å². The number of rotatable bonds is 7. The fraction of sp³-hybridized carbons (Fsp3) is 0.417. The van der Waals surface area contributed by atoms with Crippen LogP contribution in [0.15, 0.2) is 52.6 Å². The Morgan fingerprint density at radius 3 is 2.61 bits per heavy atom. The highest BCUT2D eigenvalue weighted by Gasteiger charge is 2.33. The molecule has 1 aromatic heterocycles. The molecule has 2 heterocycles. The third-order valence-corrected chi connectivity index (χ3v) is 6.74. The Bertz CT molecular complexity index is 959. The molecular weight excluding hydrogens is 410 g/mol. The molecule has 2 aromatic rings. The van der Waals surface area contributed by atoms with Crippen LogP contribution in [0.3, 0.4) is 0 Å². The predicted molar refractivity (Wildman–Crippen MR) is 126 cm³/mol. The number of thioether (sulfide) groups is 1.